The van der Waals surface area contributed by atoms with Gasteiger partial charge in [-0.2, -0.15) is 0 Å². The van der Waals surface area contributed by atoms with Crippen LogP contribution in [0.4, 0.5) is 0 Å². The lowest BCUT2D eigenvalue weighted by Crippen LogP contribution is -2.41. The third kappa shape index (κ3) is 2.29. The van der Waals surface area contributed by atoms with Crippen molar-refractivity contribution < 1.29 is 0 Å². The second-order valence-electron chi connectivity index (χ2n) is 5.21. The molecular weight excluding hydrogens is 172 g/mol. The molecule has 2 aliphatic rings. The van der Waals surface area contributed by atoms with Gasteiger partial charge < -0.3 is 10.6 Å². The standard InChI is InChI=1S/C12H24N2/c13-11-12(5-4-6-12)7-10-14-8-2-1-3-9-14/h1-11,13H2. The van der Waals surface area contributed by atoms with E-state index >= 15 is 0 Å². The molecular formula is C12H24N2. The molecule has 1 heterocycles. The second-order valence-corrected chi connectivity index (χ2v) is 5.21. The van der Waals surface area contributed by atoms with Crippen molar-refractivity contribution in [2.75, 3.05) is 26.2 Å². The van der Waals surface area contributed by atoms with Crippen molar-refractivity contribution in [3.8, 4) is 0 Å². The summed E-state index contributed by atoms with van der Waals surface area (Å²) in [5.41, 5.74) is 6.42. The minimum Gasteiger partial charge on any atom is -0.330 e. The lowest BCUT2D eigenvalue weighted by molar-refractivity contribution is 0.0998. The van der Waals surface area contributed by atoms with Gasteiger partial charge in [0.1, 0.15) is 0 Å². The maximum absolute atomic E-state index is 5.87. The molecule has 2 nitrogen and oxygen atoms in total. The summed E-state index contributed by atoms with van der Waals surface area (Å²) < 4.78 is 0. The van der Waals surface area contributed by atoms with Gasteiger partial charge in [0, 0.05) is 0 Å². The zero-order chi connectivity index (χ0) is 9.86. The first-order valence-electron chi connectivity index (χ1n) is 6.27. The van der Waals surface area contributed by atoms with Gasteiger partial charge in [-0.3, -0.25) is 0 Å². The second kappa shape index (κ2) is 4.63. The third-order valence-corrected chi connectivity index (χ3v) is 4.25. The molecule has 0 bridgehead atoms. The molecule has 1 aliphatic carbocycles. The predicted molar refractivity (Wildman–Crippen MR) is 60.2 cm³/mol. The van der Waals surface area contributed by atoms with E-state index in [4.69, 9.17) is 5.73 Å². The molecule has 14 heavy (non-hydrogen) atoms. The van der Waals surface area contributed by atoms with E-state index in [0.29, 0.717) is 5.41 Å². The molecule has 0 unspecified atom stereocenters. The Labute approximate surface area is 87.8 Å². The zero-order valence-electron chi connectivity index (χ0n) is 9.30. The van der Waals surface area contributed by atoms with Crippen molar-refractivity contribution >= 4 is 0 Å². The highest BCUT2D eigenvalue weighted by Gasteiger charge is 2.35. The monoisotopic (exact) mass is 196 g/mol. The predicted octanol–water partition coefficient (Wildman–Crippen LogP) is 1.99. The maximum atomic E-state index is 5.87. The number of piperidine rings is 1. The van der Waals surface area contributed by atoms with Gasteiger partial charge in [0.25, 0.3) is 0 Å². The molecule has 82 valence electrons. The van der Waals surface area contributed by atoms with Crippen LogP contribution in [0.15, 0.2) is 0 Å². The van der Waals surface area contributed by atoms with Crippen LogP contribution in [0.1, 0.15) is 44.9 Å². The highest BCUT2D eigenvalue weighted by Crippen LogP contribution is 2.43. The SMILES string of the molecule is NCC1(CCN2CCCCC2)CCC1. The topological polar surface area (TPSA) is 29.3 Å². The first kappa shape index (κ1) is 10.4. The van der Waals surface area contributed by atoms with Gasteiger partial charge in [-0.1, -0.05) is 12.8 Å². The molecule has 1 saturated carbocycles. The number of likely N-dealkylation sites (tertiary alicyclic amines) is 1. The van der Waals surface area contributed by atoms with Crippen LogP contribution in [-0.2, 0) is 0 Å². The fraction of sp³-hybridized carbons (Fsp3) is 1.00. The average Bonchev–Trinajstić information content (AvgIpc) is 2.19. The molecule has 0 aromatic rings. The van der Waals surface area contributed by atoms with Crippen molar-refractivity contribution in [3.05, 3.63) is 0 Å². The summed E-state index contributed by atoms with van der Waals surface area (Å²) in [5.74, 6) is 0. The van der Waals surface area contributed by atoms with Crippen LogP contribution in [0.5, 0.6) is 0 Å². The van der Waals surface area contributed by atoms with Crippen molar-refractivity contribution in [3.63, 3.8) is 0 Å². The van der Waals surface area contributed by atoms with E-state index in [1.165, 1.54) is 64.6 Å². The van der Waals surface area contributed by atoms with Gasteiger partial charge in [-0.05, 0) is 63.7 Å². The minimum absolute atomic E-state index is 0.553. The Morgan fingerprint density at radius 1 is 1.00 bits per heavy atom. The van der Waals surface area contributed by atoms with E-state index in [1.54, 1.807) is 0 Å². The molecule has 0 radical (unpaired) electrons. The van der Waals surface area contributed by atoms with Crippen LogP contribution in [0.3, 0.4) is 0 Å². The lowest BCUT2D eigenvalue weighted by atomic mass is 9.66. The maximum Gasteiger partial charge on any atom is -0.00130 e. The number of nitrogens with zero attached hydrogens (tertiary/aromatic N) is 1. The summed E-state index contributed by atoms with van der Waals surface area (Å²) >= 11 is 0. The zero-order valence-corrected chi connectivity index (χ0v) is 9.30. The van der Waals surface area contributed by atoms with Crippen molar-refractivity contribution in [2.45, 2.75) is 44.9 Å². The fourth-order valence-electron chi connectivity index (χ4n) is 2.81. The third-order valence-electron chi connectivity index (χ3n) is 4.25. The lowest BCUT2D eigenvalue weighted by Gasteiger charge is -2.42. The molecule has 0 aromatic heterocycles. The number of hydrogen-bond acceptors (Lipinski definition) is 2. The molecule has 1 aliphatic heterocycles. The van der Waals surface area contributed by atoms with E-state index in [1.807, 2.05) is 0 Å². The Hall–Kier alpha value is -0.0800. The quantitative estimate of drug-likeness (QED) is 0.745. The molecule has 2 fully saturated rings. The van der Waals surface area contributed by atoms with E-state index in [-0.39, 0.29) is 0 Å². The minimum atomic E-state index is 0.553. The number of nitrogens with two attached hydrogens (primary N) is 1. The highest BCUT2D eigenvalue weighted by molar-refractivity contribution is 4.89. The average molecular weight is 196 g/mol. The van der Waals surface area contributed by atoms with Crippen LogP contribution in [-0.4, -0.2) is 31.1 Å². The van der Waals surface area contributed by atoms with E-state index in [2.05, 4.69) is 4.90 Å². The van der Waals surface area contributed by atoms with Crippen LogP contribution in [0, 0.1) is 5.41 Å². The summed E-state index contributed by atoms with van der Waals surface area (Å²) in [6.07, 6.45) is 9.80. The Balaban J connectivity index is 1.69. The van der Waals surface area contributed by atoms with E-state index in [9.17, 15) is 0 Å². The molecule has 0 atom stereocenters. The largest absolute Gasteiger partial charge is 0.330 e. The normalized spacial score (nSPS) is 27.2. The van der Waals surface area contributed by atoms with Crippen LogP contribution >= 0.6 is 0 Å². The summed E-state index contributed by atoms with van der Waals surface area (Å²) in [5, 5.41) is 0. The number of rotatable bonds is 4. The Morgan fingerprint density at radius 3 is 2.21 bits per heavy atom. The molecule has 2 N–H and O–H groups in total. The van der Waals surface area contributed by atoms with Crippen LogP contribution < -0.4 is 5.73 Å². The van der Waals surface area contributed by atoms with Crippen molar-refractivity contribution in [1.29, 1.82) is 0 Å². The molecule has 2 rings (SSSR count). The molecule has 0 aromatic carbocycles. The van der Waals surface area contributed by atoms with E-state index in [0.717, 1.165) is 6.54 Å². The molecule has 2 heteroatoms. The molecule has 1 saturated heterocycles. The van der Waals surface area contributed by atoms with Gasteiger partial charge in [0.05, 0.1) is 0 Å². The van der Waals surface area contributed by atoms with Gasteiger partial charge in [0.2, 0.25) is 0 Å². The summed E-state index contributed by atoms with van der Waals surface area (Å²) in [4.78, 5) is 2.64. The Morgan fingerprint density at radius 2 is 1.71 bits per heavy atom. The van der Waals surface area contributed by atoms with Gasteiger partial charge in [0.15, 0.2) is 0 Å². The highest BCUT2D eigenvalue weighted by atomic mass is 15.1. The summed E-state index contributed by atoms with van der Waals surface area (Å²) in [7, 11) is 0. The van der Waals surface area contributed by atoms with Crippen LogP contribution in [0.25, 0.3) is 0 Å². The smallest absolute Gasteiger partial charge is 0.00130 e. The van der Waals surface area contributed by atoms with Gasteiger partial charge in [-0.15, -0.1) is 0 Å². The van der Waals surface area contributed by atoms with Gasteiger partial charge >= 0.3 is 0 Å². The van der Waals surface area contributed by atoms with Gasteiger partial charge in [-0.25, -0.2) is 0 Å². The molecule has 0 spiro atoms. The molecule has 0 amide bonds. The first-order valence-corrected chi connectivity index (χ1v) is 6.27. The Bertz CT molecular complexity index is 164. The summed E-state index contributed by atoms with van der Waals surface area (Å²) in [6.45, 7) is 4.89. The number of hydrogen-bond donors (Lipinski definition) is 1. The fourth-order valence-corrected chi connectivity index (χ4v) is 2.81. The first-order chi connectivity index (χ1) is 6.85. The van der Waals surface area contributed by atoms with E-state index < -0.39 is 0 Å². The van der Waals surface area contributed by atoms with Crippen molar-refractivity contribution in [2.24, 2.45) is 11.1 Å². The van der Waals surface area contributed by atoms with Crippen molar-refractivity contribution in [1.82, 2.24) is 4.90 Å². The summed E-state index contributed by atoms with van der Waals surface area (Å²) in [6, 6.07) is 0. The van der Waals surface area contributed by atoms with Crippen LogP contribution in [0.2, 0.25) is 0 Å². The Kier molecular flexibility index (Phi) is 3.45.